The Labute approximate surface area is 124 Å². The van der Waals surface area contributed by atoms with Crippen molar-refractivity contribution in [1.29, 1.82) is 5.26 Å². The first-order chi connectivity index (χ1) is 10.2. The smallest absolute Gasteiger partial charge is 0.264 e. The summed E-state index contributed by atoms with van der Waals surface area (Å²) in [5.41, 5.74) is 1.76. The molecule has 0 saturated heterocycles. The largest absolute Gasteiger partial charge is 0.484 e. The summed E-state index contributed by atoms with van der Waals surface area (Å²) in [7, 11) is 1.72. The molecule has 4 nitrogen and oxygen atoms in total. The van der Waals surface area contributed by atoms with Crippen molar-refractivity contribution in [3.63, 3.8) is 0 Å². The average Bonchev–Trinajstić information content (AvgIpc) is 2.54. The molecule has 0 spiro atoms. The molecule has 0 aliphatic carbocycles. The molecule has 106 valence electrons. The molecule has 2 aromatic rings. The molecule has 1 amide bonds. The Hall–Kier alpha value is -2.80. The summed E-state index contributed by atoms with van der Waals surface area (Å²) in [4.78, 5) is 13.6. The molecular weight excluding hydrogens is 264 g/mol. The molecule has 0 saturated carbocycles. The molecule has 0 heterocycles. The first kappa shape index (κ1) is 14.6. The quantitative estimate of drug-likeness (QED) is 0.846. The van der Waals surface area contributed by atoms with Crippen molar-refractivity contribution >= 4 is 11.6 Å². The predicted octanol–water partition coefficient (Wildman–Crippen LogP) is 2.79. The minimum atomic E-state index is -0.123. The summed E-state index contributed by atoms with van der Waals surface area (Å²) in [6, 6.07) is 18.7. The number of nitrogens with zero attached hydrogens (tertiary/aromatic N) is 2. The third-order valence-corrected chi connectivity index (χ3v) is 3.09. The van der Waals surface area contributed by atoms with E-state index < -0.39 is 0 Å². The number of rotatable bonds is 5. The third-order valence-electron chi connectivity index (χ3n) is 3.09. The van der Waals surface area contributed by atoms with E-state index in [1.54, 1.807) is 24.1 Å². The Balaban J connectivity index is 1.90. The summed E-state index contributed by atoms with van der Waals surface area (Å²) < 4.78 is 5.47. The lowest BCUT2D eigenvalue weighted by Gasteiger charge is -2.17. The minimum Gasteiger partial charge on any atom is -0.484 e. The lowest BCUT2D eigenvalue weighted by molar-refractivity contribution is -0.120. The highest BCUT2D eigenvalue weighted by Gasteiger charge is 2.11. The summed E-state index contributed by atoms with van der Waals surface area (Å²) >= 11 is 0. The van der Waals surface area contributed by atoms with Gasteiger partial charge in [-0.2, -0.15) is 5.26 Å². The maximum Gasteiger partial charge on any atom is 0.264 e. The highest BCUT2D eigenvalue weighted by atomic mass is 16.5. The molecule has 2 rings (SSSR count). The first-order valence-corrected chi connectivity index (χ1v) is 6.61. The van der Waals surface area contributed by atoms with Crippen LogP contribution in [0.1, 0.15) is 5.56 Å². The van der Waals surface area contributed by atoms with E-state index in [1.165, 1.54) is 0 Å². The molecule has 4 heteroatoms. The molecule has 0 bridgehead atoms. The molecule has 0 aromatic heterocycles. The lowest BCUT2D eigenvalue weighted by Crippen LogP contribution is -2.31. The SMILES string of the molecule is CN(C(=O)COc1ccc(CC#N)cc1)c1ccccc1. The maximum atomic E-state index is 12.0. The molecule has 0 unspecified atom stereocenters. The van der Waals surface area contributed by atoms with Gasteiger partial charge < -0.3 is 9.64 Å². The molecule has 2 aromatic carbocycles. The van der Waals surface area contributed by atoms with Gasteiger partial charge in [0.05, 0.1) is 12.5 Å². The van der Waals surface area contributed by atoms with Gasteiger partial charge in [0.2, 0.25) is 0 Å². The fraction of sp³-hybridized carbons (Fsp3) is 0.176. The zero-order valence-electron chi connectivity index (χ0n) is 11.8. The van der Waals surface area contributed by atoms with E-state index in [0.717, 1.165) is 11.3 Å². The molecule has 0 aliphatic rings. The van der Waals surface area contributed by atoms with Crippen molar-refractivity contribution in [3.05, 3.63) is 60.2 Å². The van der Waals surface area contributed by atoms with Crippen LogP contribution >= 0.6 is 0 Å². The molecule has 21 heavy (non-hydrogen) atoms. The monoisotopic (exact) mass is 280 g/mol. The normalized spacial score (nSPS) is 9.71. The van der Waals surface area contributed by atoms with Gasteiger partial charge in [0.15, 0.2) is 6.61 Å². The molecule has 0 atom stereocenters. The number of para-hydroxylation sites is 1. The van der Waals surface area contributed by atoms with Crippen molar-refractivity contribution in [2.24, 2.45) is 0 Å². The Morgan fingerprint density at radius 1 is 1.14 bits per heavy atom. The fourth-order valence-corrected chi connectivity index (χ4v) is 1.83. The number of amides is 1. The Morgan fingerprint density at radius 2 is 1.81 bits per heavy atom. The number of nitriles is 1. The van der Waals surface area contributed by atoms with Crippen LogP contribution in [0.2, 0.25) is 0 Å². The summed E-state index contributed by atoms with van der Waals surface area (Å²) in [5, 5.41) is 8.60. The van der Waals surface area contributed by atoms with Crippen LogP contribution in [0.4, 0.5) is 5.69 Å². The molecule has 0 radical (unpaired) electrons. The van der Waals surface area contributed by atoms with E-state index in [-0.39, 0.29) is 12.5 Å². The number of hydrogen-bond donors (Lipinski definition) is 0. The molecule has 0 N–H and O–H groups in total. The maximum absolute atomic E-state index is 12.0. The number of hydrogen-bond acceptors (Lipinski definition) is 3. The van der Waals surface area contributed by atoms with Crippen molar-refractivity contribution in [2.75, 3.05) is 18.6 Å². The molecular formula is C17H16N2O2. The van der Waals surface area contributed by atoms with Gasteiger partial charge in [0.1, 0.15) is 5.75 Å². The van der Waals surface area contributed by atoms with Crippen LogP contribution in [0.3, 0.4) is 0 Å². The van der Waals surface area contributed by atoms with Crippen LogP contribution in [-0.2, 0) is 11.2 Å². The fourth-order valence-electron chi connectivity index (χ4n) is 1.83. The number of anilines is 1. The van der Waals surface area contributed by atoms with E-state index in [0.29, 0.717) is 12.2 Å². The zero-order valence-corrected chi connectivity index (χ0v) is 11.8. The van der Waals surface area contributed by atoms with Gasteiger partial charge in [-0.1, -0.05) is 30.3 Å². The van der Waals surface area contributed by atoms with Crippen LogP contribution in [-0.4, -0.2) is 19.6 Å². The van der Waals surface area contributed by atoms with E-state index in [1.807, 2.05) is 42.5 Å². The number of carbonyl (C=O) groups excluding carboxylic acids is 1. The topological polar surface area (TPSA) is 53.3 Å². The third kappa shape index (κ3) is 4.08. The van der Waals surface area contributed by atoms with Gasteiger partial charge in [-0.3, -0.25) is 4.79 Å². The van der Waals surface area contributed by atoms with Crippen LogP contribution in [0, 0.1) is 11.3 Å². The van der Waals surface area contributed by atoms with Gasteiger partial charge in [-0.15, -0.1) is 0 Å². The van der Waals surface area contributed by atoms with Crippen molar-refractivity contribution < 1.29 is 9.53 Å². The minimum absolute atomic E-state index is 0.0248. The van der Waals surface area contributed by atoms with Crippen LogP contribution < -0.4 is 9.64 Å². The Morgan fingerprint density at radius 3 is 2.43 bits per heavy atom. The van der Waals surface area contributed by atoms with Crippen LogP contribution in [0.25, 0.3) is 0 Å². The van der Waals surface area contributed by atoms with Gasteiger partial charge in [0, 0.05) is 12.7 Å². The van der Waals surface area contributed by atoms with Gasteiger partial charge in [0.25, 0.3) is 5.91 Å². The van der Waals surface area contributed by atoms with E-state index in [9.17, 15) is 4.79 Å². The second-order valence-corrected chi connectivity index (χ2v) is 4.56. The van der Waals surface area contributed by atoms with E-state index in [4.69, 9.17) is 10.00 Å². The predicted molar refractivity (Wildman–Crippen MR) is 81.1 cm³/mol. The first-order valence-electron chi connectivity index (χ1n) is 6.61. The standard InChI is InChI=1S/C17H16N2O2/c1-19(15-5-3-2-4-6-15)17(20)13-21-16-9-7-14(8-10-16)11-12-18/h2-10H,11,13H2,1H3. The Bertz CT molecular complexity index is 630. The second kappa shape index (κ2) is 7.11. The highest BCUT2D eigenvalue weighted by Crippen LogP contribution is 2.14. The zero-order chi connectivity index (χ0) is 15.1. The average molecular weight is 280 g/mol. The number of benzene rings is 2. The second-order valence-electron chi connectivity index (χ2n) is 4.56. The highest BCUT2D eigenvalue weighted by molar-refractivity contribution is 5.93. The number of ether oxygens (including phenoxy) is 1. The Kier molecular flexibility index (Phi) is 4.94. The molecule has 0 aliphatic heterocycles. The summed E-state index contributed by atoms with van der Waals surface area (Å²) in [6.07, 6.45) is 0.371. The van der Waals surface area contributed by atoms with Gasteiger partial charge in [-0.25, -0.2) is 0 Å². The molecule has 0 fully saturated rings. The van der Waals surface area contributed by atoms with Gasteiger partial charge in [-0.05, 0) is 29.8 Å². The summed E-state index contributed by atoms with van der Waals surface area (Å²) in [5.74, 6) is 0.494. The summed E-state index contributed by atoms with van der Waals surface area (Å²) in [6.45, 7) is -0.0248. The van der Waals surface area contributed by atoms with Gasteiger partial charge >= 0.3 is 0 Å². The van der Waals surface area contributed by atoms with Crippen molar-refractivity contribution in [3.8, 4) is 11.8 Å². The van der Waals surface area contributed by atoms with Crippen LogP contribution in [0.15, 0.2) is 54.6 Å². The van der Waals surface area contributed by atoms with Crippen molar-refractivity contribution in [1.82, 2.24) is 0 Å². The number of likely N-dealkylation sites (N-methyl/N-ethyl adjacent to an activating group) is 1. The lowest BCUT2D eigenvalue weighted by atomic mass is 10.2. The number of carbonyl (C=O) groups is 1. The van der Waals surface area contributed by atoms with Crippen LogP contribution in [0.5, 0.6) is 5.75 Å². The van der Waals surface area contributed by atoms with Crippen molar-refractivity contribution in [2.45, 2.75) is 6.42 Å². The van der Waals surface area contributed by atoms with E-state index >= 15 is 0 Å². The van der Waals surface area contributed by atoms with E-state index in [2.05, 4.69) is 6.07 Å².